The summed E-state index contributed by atoms with van der Waals surface area (Å²) >= 11 is 0. The third-order valence-corrected chi connectivity index (χ3v) is 7.31. The molecule has 25 heavy (non-hydrogen) atoms. The van der Waals surface area contributed by atoms with E-state index in [1.807, 2.05) is 0 Å². The van der Waals surface area contributed by atoms with Crippen LogP contribution in [-0.4, -0.2) is 34.1 Å². The van der Waals surface area contributed by atoms with Crippen LogP contribution in [0.1, 0.15) is 58.8 Å². The maximum absolute atomic E-state index is 10.0. The summed E-state index contributed by atoms with van der Waals surface area (Å²) in [5, 5.41) is 29.7. The highest BCUT2D eigenvalue weighted by Crippen LogP contribution is 2.59. The fourth-order valence-electron chi connectivity index (χ4n) is 5.77. The van der Waals surface area contributed by atoms with Gasteiger partial charge in [-0.3, -0.25) is 0 Å². The zero-order valence-corrected chi connectivity index (χ0v) is 15.7. The molecular formula is C22H34O3. The first kappa shape index (κ1) is 18.9. The van der Waals surface area contributed by atoms with Crippen molar-refractivity contribution >= 4 is 0 Å². The number of aliphatic hydroxyl groups is 3. The van der Waals surface area contributed by atoms with Gasteiger partial charge in [0.05, 0.1) is 12.2 Å². The number of aliphatic hydroxyl groups excluding tert-OH is 3. The van der Waals surface area contributed by atoms with Crippen molar-refractivity contribution in [3.05, 3.63) is 35.5 Å². The van der Waals surface area contributed by atoms with Crippen LogP contribution >= 0.6 is 0 Å². The largest absolute Gasteiger partial charge is 0.396 e. The minimum Gasteiger partial charge on any atom is -0.396 e. The number of rotatable bonds is 3. The van der Waals surface area contributed by atoms with E-state index in [1.165, 1.54) is 31.3 Å². The monoisotopic (exact) mass is 346 g/mol. The van der Waals surface area contributed by atoms with Crippen LogP contribution in [0, 0.1) is 23.2 Å². The molecule has 3 aliphatic carbocycles. The van der Waals surface area contributed by atoms with Crippen molar-refractivity contribution in [2.75, 3.05) is 6.61 Å². The Morgan fingerprint density at radius 2 is 1.88 bits per heavy atom. The standard InChI is InChI=1S/C22H34O3/c1-14(13-23)18-8-9-19-17(5-4-10-22(18,19)3)7-6-16-11-20(24)15(2)21(25)12-16/h6-7,14,18-21,23-25H,2,4-5,8-13H2,1,3H3/b17-7+/t14-,18-,19+,20-,21-,22-/m1/s1. The van der Waals surface area contributed by atoms with Crippen molar-refractivity contribution in [2.24, 2.45) is 23.2 Å². The molecular weight excluding hydrogens is 312 g/mol. The number of fused-ring (bicyclic) bond motifs is 1. The Balaban J connectivity index is 1.78. The molecule has 3 fully saturated rings. The quantitative estimate of drug-likeness (QED) is 0.682. The molecule has 0 bridgehead atoms. The molecule has 3 nitrogen and oxygen atoms in total. The summed E-state index contributed by atoms with van der Waals surface area (Å²) in [4.78, 5) is 0. The van der Waals surface area contributed by atoms with Gasteiger partial charge in [-0.1, -0.05) is 43.7 Å². The highest BCUT2D eigenvalue weighted by molar-refractivity contribution is 5.29. The Hall–Kier alpha value is -0.900. The fraction of sp³-hybridized carbons (Fsp3) is 0.727. The van der Waals surface area contributed by atoms with Crippen LogP contribution < -0.4 is 0 Å². The summed E-state index contributed by atoms with van der Waals surface area (Å²) < 4.78 is 0. The Labute approximate surface area is 152 Å². The molecule has 3 N–H and O–H groups in total. The van der Waals surface area contributed by atoms with E-state index in [1.54, 1.807) is 0 Å². The Bertz CT molecular complexity index is 560. The van der Waals surface area contributed by atoms with Gasteiger partial charge in [0, 0.05) is 6.61 Å². The molecule has 0 unspecified atom stereocenters. The first-order valence-electron chi connectivity index (χ1n) is 9.91. The Morgan fingerprint density at radius 1 is 1.20 bits per heavy atom. The molecule has 3 saturated carbocycles. The van der Waals surface area contributed by atoms with E-state index in [0.29, 0.717) is 41.6 Å². The minimum atomic E-state index is -0.619. The van der Waals surface area contributed by atoms with E-state index in [9.17, 15) is 15.3 Å². The summed E-state index contributed by atoms with van der Waals surface area (Å²) in [6, 6.07) is 0. The van der Waals surface area contributed by atoms with Crippen molar-refractivity contribution in [2.45, 2.75) is 71.0 Å². The predicted octanol–water partition coefficient (Wildman–Crippen LogP) is 3.76. The minimum absolute atomic E-state index is 0.287. The van der Waals surface area contributed by atoms with Crippen LogP contribution in [0.25, 0.3) is 0 Å². The molecule has 0 heterocycles. The molecule has 0 saturated heterocycles. The van der Waals surface area contributed by atoms with Gasteiger partial charge in [-0.25, -0.2) is 0 Å². The van der Waals surface area contributed by atoms with E-state index in [4.69, 9.17) is 0 Å². The summed E-state index contributed by atoms with van der Waals surface area (Å²) in [6.07, 6.45) is 10.4. The van der Waals surface area contributed by atoms with Gasteiger partial charge < -0.3 is 15.3 Å². The molecule has 0 aromatic carbocycles. The summed E-state index contributed by atoms with van der Waals surface area (Å²) in [6.45, 7) is 8.69. The van der Waals surface area contributed by atoms with E-state index >= 15 is 0 Å². The molecule has 3 heteroatoms. The predicted molar refractivity (Wildman–Crippen MR) is 101 cm³/mol. The fourth-order valence-corrected chi connectivity index (χ4v) is 5.77. The van der Waals surface area contributed by atoms with Crippen molar-refractivity contribution in [3.8, 4) is 0 Å². The number of hydrogen-bond donors (Lipinski definition) is 3. The molecule has 3 rings (SSSR count). The first-order valence-corrected chi connectivity index (χ1v) is 9.91. The topological polar surface area (TPSA) is 60.7 Å². The molecule has 0 amide bonds. The van der Waals surface area contributed by atoms with Crippen molar-refractivity contribution in [1.29, 1.82) is 0 Å². The van der Waals surface area contributed by atoms with Gasteiger partial charge >= 0.3 is 0 Å². The van der Waals surface area contributed by atoms with Gasteiger partial charge in [-0.05, 0) is 73.7 Å². The van der Waals surface area contributed by atoms with Gasteiger partial charge in [0.1, 0.15) is 0 Å². The Morgan fingerprint density at radius 3 is 2.52 bits per heavy atom. The van der Waals surface area contributed by atoms with Gasteiger partial charge in [-0.15, -0.1) is 0 Å². The maximum atomic E-state index is 10.0. The number of hydrogen-bond acceptors (Lipinski definition) is 3. The highest BCUT2D eigenvalue weighted by Gasteiger charge is 2.50. The maximum Gasteiger partial charge on any atom is 0.0809 e. The van der Waals surface area contributed by atoms with Gasteiger partial charge in [0.2, 0.25) is 0 Å². The SMILES string of the molecule is C=C1[C@H](O)CC(=C/C=C2\CCC[C@]3(C)[C@@H]([C@H](C)CO)CC[C@@H]23)C[C@H]1O. The molecule has 3 aliphatic rings. The van der Waals surface area contributed by atoms with E-state index in [2.05, 4.69) is 32.6 Å². The third kappa shape index (κ3) is 3.51. The second kappa shape index (κ2) is 7.38. The van der Waals surface area contributed by atoms with E-state index in [0.717, 1.165) is 12.0 Å². The summed E-state index contributed by atoms with van der Waals surface area (Å²) in [5.74, 6) is 1.60. The van der Waals surface area contributed by atoms with E-state index < -0.39 is 12.2 Å². The summed E-state index contributed by atoms with van der Waals surface area (Å²) in [7, 11) is 0. The lowest BCUT2D eigenvalue weighted by Gasteiger charge is -2.44. The molecule has 6 atom stereocenters. The molecule has 0 aromatic rings. The van der Waals surface area contributed by atoms with Gasteiger partial charge in [-0.2, -0.15) is 0 Å². The zero-order chi connectivity index (χ0) is 18.2. The van der Waals surface area contributed by atoms with Crippen molar-refractivity contribution in [3.63, 3.8) is 0 Å². The summed E-state index contributed by atoms with van der Waals surface area (Å²) in [5.41, 5.74) is 3.50. The molecule has 0 aliphatic heterocycles. The van der Waals surface area contributed by atoms with Crippen LogP contribution in [0.3, 0.4) is 0 Å². The van der Waals surface area contributed by atoms with Crippen LogP contribution in [0.5, 0.6) is 0 Å². The first-order chi connectivity index (χ1) is 11.9. The van der Waals surface area contributed by atoms with Crippen LogP contribution in [0.2, 0.25) is 0 Å². The number of allylic oxidation sites excluding steroid dienone is 3. The van der Waals surface area contributed by atoms with Gasteiger partial charge in [0.15, 0.2) is 0 Å². The molecule has 0 spiro atoms. The van der Waals surface area contributed by atoms with Crippen LogP contribution in [-0.2, 0) is 0 Å². The second-order valence-corrected chi connectivity index (χ2v) is 8.84. The van der Waals surface area contributed by atoms with Gasteiger partial charge in [0.25, 0.3) is 0 Å². The molecule has 140 valence electrons. The second-order valence-electron chi connectivity index (χ2n) is 8.84. The molecule has 0 radical (unpaired) electrons. The normalized spacial score (nSPS) is 41.7. The lowest BCUT2D eigenvalue weighted by atomic mass is 9.61. The lowest BCUT2D eigenvalue weighted by Crippen LogP contribution is -2.36. The van der Waals surface area contributed by atoms with Crippen molar-refractivity contribution in [1.82, 2.24) is 0 Å². The lowest BCUT2D eigenvalue weighted by molar-refractivity contribution is 0.0690. The zero-order valence-electron chi connectivity index (χ0n) is 15.7. The smallest absolute Gasteiger partial charge is 0.0809 e. The third-order valence-electron chi connectivity index (χ3n) is 7.31. The highest BCUT2D eigenvalue weighted by atomic mass is 16.3. The van der Waals surface area contributed by atoms with Crippen LogP contribution in [0.4, 0.5) is 0 Å². The molecule has 0 aromatic heterocycles. The average Bonchev–Trinajstić information content (AvgIpc) is 2.94. The van der Waals surface area contributed by atoms with E-state index in [-0.39, 0.29) is 6.61 Å². The van der Waals surface area contributed by atoms with Crippen molar-refractivity contribution < 1.29 is 15.3 Å². The van der Waals surface area contributed by atoms with Crippen LogP contribution in [0.15, 0.2) is 35.5 Å². The Kier molecular flexibility index (Phi) is 5.57. The average molecular weight is 347 g/mol.